The molecule has 24 heavy (non-hydrogen) atoms. The molecular weight excluding hydrogens is 340 g/mol. The zero-order valence-electron chi connectivity index (χ0n) is 13.0. The molecule has 5 nitrogen and oxygen atoms in total. The van der Waals surface area contributed by atoms with E-state index < -0.39 is 26.6 Å². The molecule has 0 bridgehead atoms. The van der Waals surface area contributed by atoms with Gasteiger partial charge in [-0.2, -0.15) is 0 Å². The molecule has 0 spiro atoms. The van der Waals surface area contributed by atoms with Gasteiger partial charge < -0.3 is 9.47 Å². The van der Waals surface area contributed by atoms with Crippen LogP contribution in [0.2, 0.25) is 0 Å². The zero-order valence-corrected chi connectivity index (χ0v) is 13.8. The van der Waals surface area contributed by atoms with Crippen LogP contribution in [-0.4, -0.2) is 28.2 Å². The Bertz CT molecular complexity index is 779. The van der Waals surface area contributed by atoms with Gasteiger partial charge in [0.25, 0.3) is 0 Å². The zero-order chi connectivity index (χ0) is 17.6. The van der Waals surface area contributed by atoms with E-state index in [4.69, 9.17) is 9.47 Å². The summed E-state index contributed by atoms with van der Waals surface area (Å²) in [4.78, 5) is -0.607. The van der Waals surface area contributed by atoms with Gasteiger partial charge >= 0.3 is 0 Å². The van der Waals surface area contributed by atoms with Crippen LogP contribution in [-0.2, 0) is 10.0 Å². The smallest absolute Gasteiger partial charge is 0.243 e. The van der Waals surface area contributed by atoms with Crippen LogP contribution in [0.1, 0.15) is 6.92 Å². The molecule has 130 valence electrons. The number of sulfonamides is 1. The first-order valence-corrected chi connectivity index (χ1v) is 8.71. The van der Waals surface area contributed by atoms with Crippen LogP contribution in [0.15, 0.2) is 47.4 Å². The third kappa shape index (κ3) is 4.90. The molecule has 0 unspecified atom stereocenters. The van der Waals surface area contributed by atoms with Crippen molar-refractivity contribution in [3.05, 3.63) is 54.1 Å². The topological polar surface area (TPSA) is 64.6 Å². The second-order valence-electron chi connectivity index (χ2n) is 4.73. The molecule has 0 radical (unpaired) electrons. The Balaban J connectivity index is 1.86. The summed E-state index contributed by atoms with van der Waals surface area (Å²) in [6, 6.07) is 9.13. The number of ether oxygens (including phenoxy) is 2. The fraction of sp³-hybridized carbons (Fsp3) is 0.250. The van der Waals surface area contributed by atoms with Gasteiger partial charge in [-0.15, -0.1) is 0 Å². The molecule has 0 aromatic heterocycles. The molecule has 1 N–H and O–H groups in total. The number of halogens is 2. The van der Waals surface area contributed by atoms with Gasteiger partial charge in [-0.25, -0.2) is 21.9 Å². The van der Waals surface area contributed by atoms with Gasteiger partial charge in [-0.05, 0) is 43.3 Å². The Hall–Kier alpha value is -2.19. The lowest BCUT2D eigenvalue weighted by molar-refractivity contribution is 0.319. The highest BCUT2D eigenvalue weighted by Crippen LogP contribution is 2.18. The number of benzene rings is 2. The van der Waals surface area contributed by atoms with Crippen molar-refractivity contribution in [2.75, 3.05) is 19.8 Å². The average molecular weight is 357 g/mol. The summed E-state index contributed by atoms with van der Waals surface area (Å²) in [7, 11) is -4.07. The van der Waals surface area contributed by atoms with Crippen LogP contribution in [0.3, 0.4) is 0 Å². The molecule has 2 aromatic carbocycles. The highest BCUT2D eigenvalue weighted by Gasteiger charge is 2.18. The number of rotatable bonds is 8. The fourth-order valence-corrected chi connectivity index (χ4v) is 2.98. The van der Waals surface area contributed by atoms with E-state index in [0.717, 1.165) is 12.1 Å². The molecule has 0 saturated heterocycles. The molecule has 0 aliphatic carbocycles. The van der Waals surface area contributed by atoms with E-state index >= 15 is 0 Å². The standard InChI is InChI=1S/C16H17F2NO4S/c1-2-22-13-4-6-14(7-5-13)23-10-9-19-24(20,21)16-8-3-12(17)11-15(16)18/h3-8,11,19H,2,9-10H2,1H3. The Morgan fingerprint density at radius 1 is 1.00 bits per heavy atom. The molecule has 0 fully saturated rings. The van der Waals surface area contributed by atoms with Crippen molar-refractivity contribution in [3.63, 3.8) is 0 Å². The first-order valence-electron chi connectivity index (χ1n) is 7.23. The molecular formula is C16H17F2NO4S. The minimum Gasteiger partial charge on any atom is -0.494 e. The second kappa shape index (κ2) is 8.07. The Kier molecular flexibility index (Phi) is 6.10. The summed E-state index contributed by atoms with van der Waals surface area (Å²) in [5.41, 5.74) is 0. The van der Waals surface area contributed by atoms with E-state index in [1.165, 1.54) is 0 Å². The lowest BCUT2D eigenvalue weighted by atomic mass is 10.3. The van der Waals surface area contributed by atoms with Gasteiger partial charge in [0.2, 0.25) is 10.0 Å². The van der Waals surface area contributed by atoms with Gasteiger partial charge in [0.15, 0.2) is 0 Å². The van der Waals surface area contributed by atoms with Gasteiger partial charge in [0, 0.05) is 12.6 Å². The molecule has 8 heteroatoms. The highest BCUT2D eigenvalue weighted by molar-refractivity contribution is 7.89. The maximum absolute atomic E-state index is 13.5. The maximum atomic E-state index is 13.5. The van der Waals surface area contributed by atoms with Crippen molar-refractivity contribution >= 4 is 10.0 Å². The average Bonchev–Trinajstić information content (AvgIpc) is 2.53. The number of hydrogen-bond acceptors (Lipinski definition) is 4. The third-order valence-electron chi connectivity index (χ3n) is 2.98. The van der Waals surface area contributed by atoms with Crippen LogP contribution in [0.4, 0.5) is 8.78 Å². The first kappa shape index (κ1) is 18.2. The van der Waals surface area contributed by atoms with Crippen LogP contribution in [0.25, 0.3) is 0 Å². The number of hydrogen-bond donors (Lipinski definition) is 1. The van der Waals surface area contributed by atoms with E-state index in [-0.39, 0.29) is 13.2 Å². The first-order chi connectivity index (χ1) is 11.4. The van der Waals surface area contributed by atoms with Crippen molar-refractivity contribution in [2.45, 2.75) is 11.8 Å². The van der Waals surface area contributed by atoms with Crippen LogP contribution < -0.4 is 14.2 Å². The van der Waals surface area contributed by atoms with Crippen LogP contribution in [0, 0.1) is 11.6 Å². The minimum absolute atomic E-state index is 0.0516. The fourth-order valence-electron chi connectivity index (χ4n) is 1.91. The summed E-state index contributed by atoms with van der Waals surface area (Å²) < 4.78 is 63.1. The summed E-state index contributed by atoms with van der Waals surface area (Å²) in [6.07, 6.45) is 0. The quantitative estimate of drug-likeness (QED) is 0.738. The van der Waals surface area contributed by atoms with Gasteiger partial charge in [0.05, 0.1) is 6.61 Å². The SMILES string of the molecule is CCOc1ccc(OCCNS(=O)(=O)c2ccc(F)cc2F)cc1. The van der Waals surface area contributed by atoms with Crippen molar-refractivity contribution in [1.82, 2.24) is 4.72 Å². The summed E-state index contributed by atoms with van der Waals surface area (Å²) in [5, 5.41) is 0. The van der Waals surface area contributed by atoms with Crippen molar-refractivity contribution in [3.8, 4) is 11.5 Å². The molecule has 2 rings (SSSR count). The summed E-state index contributed by atoms with van der Waals surface area (Å²) in [6.45, 7) is 2.42. The Morgan fingerprint density at radius 3 is 2.21 bits per heavy atom. The molecule has 0 atom stereocenters. The molecule has 2 aromatic rings. The molecule has 0 saturated carbocycles. The maximum Gasteiger partial charge on any atom is 0.243 e. The minimum atomic E-state index is -4.07. The lowest BCUT2D eigenvalue weighted by Gasteiger charge is -2.10. The van der Waals surface area contributed by atoms with Crippen LogP contribution >= 0.6 is 0 Å². The predicted octanol–water partition coefficient (Wildman–Crippen LogP) is 2.72. The molecule has 0 aliphatic rings. The monoisotopic (exact) mass is 357 g/mol. The third-order valence-corrected chi connectivity index (χ3v) is 4.48. The van der Waals surface area contributed by atoms with Gasteiger partial charge in [0.1, 0.15) is 34.6 Å². The van der Waals surface area contributed by atoms with Crippen LogP contribution in [0.5, 0.6) is 11.5 Å². The van der Waals surface area contributed by atoms with Gasteiger partial charge in [-0.3, -0.25) is 0 Å². The second-order valence-corrected chi connectivity index (χ2v) is 6.46. The van der Waals surface area contributed by atoms with Crippen molar-refractivity contribution in [2.24, 2.45) is 0 Å². The van der Waals surface area contributed by atoms with Gasteiger partial charge in [-0.1, -0.05) is 0 Å². The largest absolute Gasteiger partial charge is 0.494 e. The Morgan fingerprint density at radius 2 is 1.62 bits per heavy atom. The van der Waals surface area contributed by atoms with Crippen molar-refractivity contribution < 1.29 is 26.7 Å². The normalized spacial score (nSPS) is 11.3. The van der Waals surface area contributed by atoms with E-state index in [1.807, 2.05) is 6.92 Å². The van der Waals surface area contributed by atoms with E-state index in [1.54, 1.807) is 24.3 Å². The highest BCUT2D eigenvalue weighted by atomic mass is 32.2. The molecule has 0 amide bonds. The summed E-state index contributed by atoms with van der Waals surface area (Å²) in [5.74, 6) is -0.733. The lowest BCUT2D eigenvalue weighted by Crippen LogP contribution is -2.29. The van der Waals surface area contributed by atoms with E-state index in [0.29, 0.717) is 24.2 Å². The predicted molar refractivity (Wildman–Crippen MR) is 84.7 cm³/mol. The van der Waals surface area contributed by atoms with Crippen molar-refractivity contribution in [1.29, 1.82) is 0 Å². The Labute approximate surface area is 139 Å². The molecule has 0 aliphatic heterocycles. The van der Waals surface area contributed by atoms with E-state index in [9.17, 15) is 17.2 Å². The summed E-state index contributed by atoms with van der Waals surface area (Å²) >= 11 is 0. The number of nitrogens with one attached hydrogen (secondary N) is 1. The molecule has 0 heterocycles. The van der Waals surface area contributed by atoms with E-state index in [2.05, 4.69) is 4.72 Å².